The van der Waals surface area contributed by atoms with Crippen molar-refractivity contribution in [2.24, 2.45) is 0 Å². The van der Waals surface area contributed by atoms with Crippen molar-refractivity contribution in [3.05, 3.63) is 64.7 Å². The summed E-state index contributed by atoms with van der Waals surface area (Å²) in [6.45, 7) is 2.04. The first-order chi connectivity index (χ1) is 11.6. The molecule has 24 heavy (non-hydrogen) atoms. The van der Waals surface area contributed by atoms with E-state index in [1.807, 2.05) is 43.3 Å². The van der Waals surface area contributed by atoms with Gasteiger partial charge in [0.15, 0.2) is 0 Å². The number of nitrogens with zero attached hydrogens (tertiary/aromatic N) is 3. The minimum Gasteiger partial charge on any atom is -0.411 e. The second-order valence-electron chi connectivity index (χ2n) is 5.31. The zero-order chi connectivity index (χ0) is 16.9. The van der Waals surface area contributed by atoms with E-state index in [1.54, 1.807) is 12.1 Å². The zero-order valence-electron chi connectivity index (χ0n) is 12.9. The molecule has 0 aliphatic carbocycles. The predicted octanol–water partition coefficient (Wildman–Crippen LogP) is 4.93. The molecule has 3 aromatic rings. The van der Waals surface area contributed by atoms with Gasteiger partial charge in [0.1, 0.15) is 5.25 Å². The third-order valence-corrected chi connectivity index (χ3v) is 4.57. The van der Waals surface area contributed by atoms with Gasteiger partial charge in [-0.3, -0.25) is 0 Å². The number of hydrogen-bond donors (Lipinski definition) is 0. The van der Waals surface area contributed by atoms with Crippen LogP contribution in [-0.2, 0) is 6.42 Å². The maximum Gasteiger partial charge on any atom is 0.278 e. The van der Waals surface area contributed by atoms with E-state index in [0.29, 0.717) is 22.6 Å². The Kier molecular flexibility index (Phi) is 5.19. The van der Waals surface area contributed by atoms with Gasteiger partial charge in [-0.25, -0.2) is 0 Å². The maximum absolute atomic E-state index is 9.39. The second-order valence-corrected chi connectivity index (χ2v) is 6.90. The molecule has 0 aliphatic heterocycles. The molecule has 0 saturated heterocycles. The Labute approximate surface area is 149 Å². The lowest BCUT2D eigenvalue weighted by molar-refractivity contribution is 0.465. The maximum atomic E-state index is 9.39. The lowest BCUT2D eigenvalue weighted by Gasteiger charge is -2.06. The number of nitriles is 1. The Morgan fingerprint density at radius 1 is 1.21 bits per heavy atom. The third kappa shape index (κ3) is 4.16. The van der Waals surface area contributed by atoms with Crippen molar-refractivity contribution >= 4 is 23.4 Å². The van der Waals surface area contributed by atoms with Crippen LogP contribution in [0.2, 0.25) is 5.02 Å². The van der Waals surface area contributed by atoms with Crippen LogP contribution in [0, 0.1) is 18.3 Å². The van der Waals surface area contributed by atoms with Gasteiger partial charge in [-0.2, -0.15) is 5.26 Å². The molecule has 3 rings (SSSR count). The quantitative estimate of drug-likeness (QED) is 0.607. The Bertz CT molecular complexity index is 870. The minimum absolute atomic E-state index is 0.291. The van der Waals surface area contributed by atoms with Crippen LogP contribution in [-0.4, -0.2) is 15.4 Å². The monoisotopic (exact) mass is 355 g/mol. The SMILES string of the molecule is Cc1ccc(C[C@@H](C#N)Sc2nnc(-c3cccc(Cl)c3)o2)cc1. The van der Waals surface area contributed by atoms with Crippen molar-refractivity contribution in [1.29, 1.82) is 5.26 Å². The first kappa shape index (κ1) is 16.6. The Morgan fingerprint density at radius 2 is 2.00 bits per heavy atom. The van der Waals surface area contributed by atoms with Gasteiger partial charge >= 0.3 is 0 Å². The molecule has 0 radical (unpaired) electrons. The van der Waals surface area contributed by atoms with E-state index >= 15 is 0 Å². The molecule has 1 heterocycles. The molecule has 0 saturated carbocycles. The number of aryl methyl sites for hydroxylation is 1. The number of thioether (sulfide) groups is 1. The van der Waals surface area contributed by atoms with Crippen LogP contribution < -0.4 is 0 Å². The Balaban J connectivity index is 1.70. The van der Waals surface area contributed by atoms with E-state index < -0.39 is 0 Å². The van der Waals surface area contributed by atoms with Crippen molar-refractivity contribution in [3.63, 3.8) is 0 Å². The van der Waals surface area contributed by atoms with Crippen LogP contribution in [0.1, 0.15) is 11.1 Å². The summed E-state index contributed by atoms with van der Waals surface area (Å²) < 4.78 is 5.64. The zero-order valence-corrected chi connectivity index (χ0v) is 14.5. The van der Waals surface area contributed by atoms with Crippen LogP contribution >= 0.6 is 23.4 Å². The van der Waals surface area contributed by atoms with E-state index in [9.17, 15) is 5.26 Å². The summed E-state index contributed by atoms with van der Waals surface area (Å²) in [5.41, 5.74) is 3.06. The van der Waals surface area contributed by atoms with Crippen LogP contribution in [0.25, 0.3) is 11.5 Å². The van der Waals surface area contributed by atoms with Crippen molar-refractivity contribution in [2.45, 2.75) is 23.8 Å². The molecule has 120 valence electrons. The number of benzene rings is 2. The fourth-order valence-electron chi connectivity index (χ4n) is 2.17. The highest BCUT2D eigenvalue weighted by atomic mass is 35.5. The van der Waals surface area contributed by atoms with E-state index in [1.165, 1.54) is 17.3 Å². The highest BCUT2D eigenvalue weighted by Crippen LogP contribution is 2.28. The van der Waals surface area contributed by atoms with Gasteiger partial charge in [-0.1, -0.05) is 47.5 Å². The molecule has 0 fully saturated rings. The molecular formula is C18H14ClN3OS. The van der Waals surface area contributed by atoms with Crippen LogP contribution in [0.5, 0.6) is 0 Å². The van der Waals surface area contributed by atoms with E-state index in [4.69, 9.17) is 16.0 Å². The summed E-state index contributed by atoms with van der Waals surface area (Å²) in [5.74, 6) is 0.395. The molecule has 0 amide bonds. The minimum atomic E-state index is -0.291. The normalized spacial score (nSPS) is 11.9. The number of halogens is 1. The molecule has 1 aromatic heterocycles. The average Bonchev–Trinajstić information content (AvgIpc) is 3.05. The van der Waals surface area contributed by atoms with E-state index in [0.717, 1.165) is 11.1 Å². The van der Waals surface area contributed by atoms with Crippen LogP contribution in [0.15, 0.2) is 58.2 Å². The van der Waals surface area contributed by atoms with Gasteiger partial charge in [0.05, 0.1) is 6.07 Å². The van der Waals surface area contributed by atoms with Crippen LogP contribution in [0.3, 0.4) is 0 Å². The molecule has 0 bridgehead atoms. The highest BCUT2D eigenvalue weighted by molar-refractivity contribution is 7.99. The van der Waals surface area contributed by atoms with Gasteiger partial charge < -0.3 is 4.42 Å². The summed E-state index contributed by atoms with van der Waals surface area (Å²) in [7, 11) is 0. The molecule has 0 N–H and O–H groups in total. The Hall–Kier alpha value is -2.29. The molecule has 0 spiro atoms. The van der Waals surface area contributed by atoms with Gasteiger partial charge in [-0.05, 0) is 48.9 Å². The van der Waals surface area contributed by atoms with E-state index in [2.05, 4.69) is 16.3 Å². The molecule has 2 aromatic carbocycles. The summed E-state index contributed by atoms with van der Waals surface area (Å²) in [6.07, 6.45) is 0.621. The second kappa shape index (κ2) is 7.52. The lowest BCUT2D eigenvalue weighted by Crippen LogP contribution is -2.03. The van der Waals surface area contributed by atoms with Crippen molar-refractivity contribution < 1.29 is 4.42 Å². The number of aromatic nitrogens is 2. The van der Waals surface area contributed by atoms with Crippen molar-refractivity contribution in [1.82, 2.24) is 10.2 Å². The molecule has 4 nitrogen and oxygen atoms in total. The molecular weight excluding hydrogens is 342 g/mol. The van der Waals surface area contributed by atoms with E-state index in [-0.39, 0.29) is 5.25 Å². The fraction of sp³-hybridized carbons (Fsp3) is 0.167. The molecule has 0 aliphatic rings. The largest absolute Gasteiger partial charge is 0.411 e. The smallest absolute Gasteiger partial charge is 0.278 e. The Morgan fingerprint density at radius 3 is 2.71 bits per heavy atom. The van der Waals surface area contributed by atoms with Gasteiger partial charge in [0.2, 0.25) is 5.89 Å². The first-order valence-corrected chi connectivity index (χ1v) is 8.61. The third-order valence-electron chi connectivity index (χ3n) is 3.41. The number of hydrogen-bond acceptors (Lipinski definition) is 5. The molecule has 0 unspecified atom stereocenters. The summed E-state index contributed by atoms with van der Waals surface area (Å²) in [5, 5.41) is 18.1. The molecule has 1 atom stereocenters. The van der Waals surface area contributed by atoms with Gasteiger partial charge in [-0.15, -0.1) is 10.2 Å². The first-order valence-electron chi connectivity index (χ1n) is 7.35. The number of rotatable bonds is 5. The lowest BCUT2D eigenvalue weighted by atomic mass is 10.1. The van der Waals surface area contributed by atoms with Crippen molar-refractivity contribution in [2.75, 3.05) is 0 Å². The molecule has 6 heteroatoms. The van der Waals surface area contributed by atoms with Crippen molar-refractivity contribution in [3.8, 4) is 17.5 Å². The highest BCUT2D eigenvalue weighted by Gasteiger charge is 2.16. The fourth-order valence-corrected chi connectivity index (χ4v) is 3.15. The topological polar surface area (TPSA) is 62.7 Å². The standard InChI is InChI=1S/C18H14ClN3OS/c1-12-5-7-13(8-6-12)9-16(11-20)24-18-22-21-17(23-18)14-3-2-4-15(19)10-14/h2-8,10,16H,9H2,1H3/t16-/m0/s1. The van der Waals surface area contributed by atoms with Crippen LogP contribution in [0.4, 0.5) is 0 Å². The summed E-state index contributed by atoms with van der Waals surface area (Å²) in [4.78, 5) is 0. The van der Waals surface area contributed by atoms with Gasteiger partial charge in [0.25, 0.3) is 5.22 Å². The summed E-state index contributed by atoms with van der Waals surface area (Å²) in [6, 6.07) is 17.6. The van der Waals surface area contributed by atoms with Gasteiger partial charge in [0, 0.05) is 10.6 Å². The summed E-state index contributed by atoms with van der Waals surface area (Å²) >= 11 is 7.24. The average molecular weight is 356 g/mol. The predicted molar refractivity (Wildman–Crippen MR) is 94.9 cm³/mol.